The number of amides is 1. The second-order valence-electron chi connectivity index (χ2n) is 5.29. The molecule has 0 unspecified atom stereocenters. The second kappa shape index (κ2) is 8.48. The van der Waals surface area contributed by atoms with Crippen LogP contribution in [0.2, 0.25) is 5.02 Å². The zero-order valence-corrected chi connectivity index (χ0v) is 14.2. The molecular weight excluding hydrogens is 312 g/mol. The Bertz CT molecular complexity index is 675. The maximum Gasteiger partial charge on any atom is 0.270 e. The molecule has 0 aliphatic carbocycles. The van der Waals surface area contributed by atoms with Crippen molar-refractivity contribution >= 4 is 29.0 Å². The minimum atomic E-state index is -0.186. The molecule has 2 N–H and O–H groups in total. The summed E-state index contributed by atoms with van der Waals surface area (Å²) in [6, 6.07) is 7.24. The molecule has 1 heterocycles. The zero-order valence-electron chi connectivity index (χ0n) is 13.4. The van der Waals surface area contributed by atoms with E-state index >= 15 is 0 Å². The van der Waals surface area contributed by atoms with Gasteiger partial charge in [0.1, 0.15) is 17.8 Å². The van der Waals surface area contributed by atoms with Crippen molar-refractivity contribution in [3.63, 3.8) is 0 Å². The summed E-state index contributed by atoms with van der Waals surface area (Å²) in [6.45, 7) is 4.71. The average molecular weight is 333 g/mol. The van der Waals surface area contributed by atoms with Crippen LogP contribution in [0.4, 0.5) is 11.5 Å². The average Bonchev–Trinajstić information content (AvgIpc) is 2.56. The summed E-state index contributed by atoms with van der Waals surface area (Å²) in [4.78, 5) is 20.3. The Morgan fingerprint density at radius 2 is 2.09 bits per heavy atom. The van der Waals surface area contributed by atoms with Crippen LogP contribution in [0.3, 0.4) is 0 Å². The van der Waals surface area contributed by atoms with Crippen molar-refractivity contribution < 1.29 is 4.79 Å². The van der Waals surface area contributed by atoms with Crippen LogP contribution in [0.25, 0.3) is 0 Å². The molecule has 23 heavy (non-hydrogen) atoms. The summed E-state index contributed by atoms with van der Waals surface area (Å²) in [5, 5.41) is 6.72. The maximum atomic E-state index is 12.1. The fraction of sp³-hybridized carbons (Fsp3) is 0.353. The van der Waals surface area contributed by atoms with Gasteiger partial charge in [-0.3, -0.25) is 4.79 Å². The molecule has 0 aliphatic rings. The summed E-state index contributed by atoms with van der Waals surface area (Å²) in [5.41, 5.74) is 2.13. The zero-order chi connectivity index (χ0) is 16.7. The number of halogens is 1. The standard InChI is InChI=1S/C17H21ClN4O/c1-3-4-5-9-19-17(23)15-10-16(21-11-20-15)22-14-8-6-7-13(18)12(14)2/h6-8,10-11H,3-5,9H2,1-2H3,(H,19,23)(H,20,21,22). The third kappa shape index (κ3) is 4.93. The van der Waals surface area contributed by atoms with Gasteiger partial charge in [-0.15, -0.1) is 0 Å². The predicted octanol–water partition coefficient (Wildman–Crippen LogP) is 4.10. The van der Waals surface area contributed by atoms with E-state index in [1.54, 1.807) is 6.07 Å². The number of aromatic nitrogens is 2. The van der Waals surface area contributed by atoms with Crippen LogP contribution in [-0.2, 0) is 0 Å². The van der Waals surface area contributed by atoms with Crippen molar-refractivity contribution in [2.45, 2.75) is 33.1 Å². The number of nitrogens with one attached hydrogen (secondary N) is 2. The predicted molar refractivity (Wildman–Crippen MR) is 93.4 cm³/mol. The van der Waals surface area contributed by atoms with E-state index in [4.69, 9.17) is 11.6 Å². The van der Waals surface area contributed by atoms with E-state index in [9.17, 15) is 4.79 Å². The van der Waals surface area contributed by atoms with Crippen molar-refractivity contribution in [2.75, 3.05) is 11.9 Å². The number of benzene rings is 1. The highest BCUT2D eigenvalue weighted by atomic mass is 35.5. The Kier molecular flexibility index (Phi) is 6.35. The van der Waals surface area contributed by atoms with Gasteiger partial charge in [0.2, 0.25) is 0 Å². The summed E-state index contributed by atoms with van der Waals surface area (Å²) in [7, 11) is 0. The first-order valence-corrected chi connectivity index (χ1v) is 8.12. The largest absolute Gasteiger partial charge is 0.351 e. The molecule has 122 valence electrons. The molecule has 1 aromatic carbocycles. The molecule has 0 radical (unpaired) electrons. The van der Waals surface area contributed by atoms with Gasteiger partial charge >= 0.3 is 0 Å². The lowest BCUT2D eigenvalue weighted by molar-refractivity contribution is 0.0948. The lowest BCUT2D eigenvalue weighted by Crippen LogP contribution is -2.25. The van der Waals surface area contributed by atoms with Gasteiger partial charge in [-0.05, 0) is 31.0 Å². The van der Waals surface area contributed by atoms with Crippen LogP contribution in [0.1, 0.15) is 42.2 Å². The summed E-state index contributed by atoms with van der Waals surface area (Å²) in [6.07, 6.45) is 4.57. The minimum absolute atomic E-state index is 0.186. The second-order valence-corrected chi connectivity index (χ2v) is 5.70. The number of hydrogen-bond acceptors (Lipinski definition) is 4. The van der Waals surface area contributed by atoms with E-state index in [0.29, 0.717) is 23.1 Å². The molecule has 0 atom stereocenters. The fourth-order valence-corrected chi connectivity index (χ4v) is 2.27. The van der Waals surface area contributed by atoms with Crippen LogP contribution >= 0.6 is 11.6 Å². The first-order chi connectivity index (χ1) is 11.1. The number of rotatable bonds is 7. The summed E-state index contributed by atoms with van der Waals surface area (Å²) < 4.78 is 0. The van der Waals surface area contributed by atoms with Crippen molar-refractivity contribution in [3.8, 4) is 0 Å². The molecule has 0 spiro atoms. The highest BCUT2D eigenvalue weighted by Gasteiger charge is 2.09. The van der Waals surface area contributed by atoms with Crippen LogP contribution in [0.15, 0.2) is 30.6 Å². The minimum Gasteiger partial charge on any atom is -0.351 e. The Balaban J connectivity index is 2.04. The van der Waals surface area contributed by atoms with Crippen LogP contribution in [0.5, 0.6) is 0 Å². The highest BCUT2D eigenvalue weighted by Crippen LogP contribution is 2.25. The molecule has 5 nitrogen and oxygen atoms in total. The molecule has 1 amide bonds. The molecule has 1 aromatic heterocycles. The van der Waals surface area contributed by atoms with Crippen molar-refractivity contribution in [1.29, 1.82) is 0 Å². The first-order valence-electron chi connectivity index (χ1n) is 7.74. The van der Waals surface area contributed by atoms with Gasteiger partial charge in [0.25, 0.3) is 5.91 Å². The number of carbonyl (C=O) groups is 1. The lowest BCUT2D eigenvalue weighted by atomic mass is 10.2. The van der Waals surface area contributed by atoms with E-state index < -0.39 is 0 Å². The Morgan fingerprint density at radius 3 is 2.87 bits per heavy atom. The molecular formula is C17H21ClN4O. The van der Waals surface area contributed by atoms with Crippen LogP contribution < -0.4 is 10.6 Å². The Labute approximate surface area is 141 Å². The molecule has 6 heteroatoms. The normalized spacial score (nSPS) is 10.4. The summed E-state index contributed by atoms with van der Waals surface area (Å²) in [5.74, 6) is 0.374. The summed E-state index contributed by atoms with van der Waals surface area (Å²) >= 11 is 6.11. The molecule has 0 aliphatic heterocycles. The maximum absolute atomic E-state index is 12.1. The van der Waals surface area contributed by atoms with E-state index in [-0.39, 0.29) is 5.91 Å². The van der Waals surface area contributed by atoms with Crippen molar-refractivity contribution in [1.82, 2.24) is 15.3 Å². The number of anilines is 2. The Morgan fingerprint density at radius 1 is 1.26 bits per heavy atom. The van der Waals surface area contributed by atoms with E-state index in [2.05, 4.69) is 27.5 Å². The highest BCUT2D eigenvalue weighted by molar-refractivity contribution is 6.31. The van der Waals surface area contributed by atoms with Crippen LogP contribution in [-0.4, -0.2) is 22.4 Å². The van der Waals surface area contributed by atoms with Crippen LogP contribution in [0, 0.1) is 6.92 Å². The number of nitrogens with zero attached hydrogens (tertiary/aromatic N) is 2. The van der Waals surface area contributed by atoms with Gasteiger partial charge in [0, 0.05) is 23.3 Å². The van der Waals surface area contributed by atoms with Gasteiger partial charge in [-0.2, -0.15) is 0 Å². The smallest absolute Gasteiger partial charge is 0.270 e. The first kappa shape index (κ1) is 17.2. The number of carbonyl (C=O) groups excluding carboxylic acids is 1. The van der Waals surface area contributed by atoms with E-state index in [0.717, 1.165) is 30.5 Å². The quantitative estimate of drug-likeness (QED) is 0.749. The molecule has 0 saturated carbocycles. The van der Waals surface area contributed by atoms with Crippen molar-refractivity contribution in [2.24, 2.45) is 0 Å². The number of hydrogen-bond donors (Lipinski definition) is 2. The van der Waals surface area contributed by atoms with Gasteiger partial charge in [-0.1, -0.05) is 37.4 Å². The number of unbranched alkanes of at least 4 members (excludes halogenated alkanes) is 2. The topological polar surface area (TPSA) is 66.9 Å². The van der Waals surface area contributed by atoms with Gasteiger partial charge in [0.05, 0.1) is 0 Å². The van der Waals surface area contributed by atoms with Gasteiger partial charge in [-0.25, -0.2) is 9.97 Å². The fourth-order valence-electron chi connectivity index (χ4n) is 2.10. The monoisotopic (exact) mass is 332 g/mol. The molecule has 2 rings (SSSR count). The third-order valence-electron chi connectivity index (χ3n) is 3.50. The SMILES string of the molecule is CCCCCNC(=O)c1cc(Nc2cccc(Cl)c2C)ncn1. The Hall–Kier alpha value is -2.14. The van der Waals surface area contributed by atoms with Gasteiger partial charge in [0.15, 0.2) is 0 Å². The lowest BCUT2D eigenvalue weighted by Gasteiger charge is -2.10. The molecule has 0 fully saturated rings. The molecule has 0 saturated heterocycles. The van der Waals surface area contributed by atoms with E-state index in [1.807, 2.05) is 25.1 Å². The van der Waals surface area contributed by atoms with Crippen molar-refractivity contribution in [3.05, 3.63) is 46.9 Å². The van der Waals surface area contributed by atoms with E-state index in [1.165, 1.54) is 6.33 Å². The van der Waals surface area contributed by atoms with Gasteiger partial charge < -0.3 is 10.6 Å². The third-order valence-corrected chi connectivity index (χ3v) is 3.91. The molecule has 0 bridgehead atoms. The molecule has 2 aromatic rings.